The normalized spacial score (nSPS) is 23.7. The van der Waals surface area contributed by atoms with E-state index in [-0.39, 0.29) is 29.1 Å². The molecule has 2 fully saturated rings. The highest BCUT2D eigenvalue weighted by atomic mass is 16.2. The number of fused-ring (bicyclic) bond motifs is 1. The first kappa shape index (κ1) is 17.3. The van der Waals surface area contributed by atoms with Crippen molar-refractivity contribution < 1.29 is 4.79 Å². The number of nitrogens with zero attached hydrogens (tertiary/aromatic N) is 2. The van der Waals surface area contributed by atoms with Gasteiger partial charge in [0.05, 0.1) is 11.0 Å². The van der Waals surface area contributed by atoms with Gasteiger partial charge in [-0.25, -0.2) is 4.79 Å². The van der Waals surface area contributed by atoms with Crippen molar-refractivity contribution in [2.45, 2.75) is 58.0 Å². The van der Waals surface area contributed by atoms with Gasteiger partial charge in [0, 0.05) is 30.7 Å². The van der Waals surface area contributed by atoms with Crippen LogP contribution in [0.15, 0.2) is 23.0 Å². The molecule has 140 valence electrons. The number of likely N-dealkylation sites (tertiary alicyclic amines) is 1. The van der Waals surface area contributed by atoms with Crippen LogP contribution in [0.2, 0.25) is 0 Å². The Bertz CT molecular complexity index is 889. The van der Waals surface area contributed by atoms with Crippen LogP contribution in [0.4, 0.5) is 0 Å². The summed E-state index contributed by atoms with van der Waals surface area (Å²) < 4.78 is 1.87. The molecule has 0 spiro atoms. The molecule has 6 nitrogen and oxygen atoms in total. The molecule has 2 aromatic rings. The lowest BCUT2D eigenvalue weighted by Crippen LogP contribution is -2.53. The highest BCUT2D eigenvalue weighted by molar-refractivity contribution is 5.97. The number of amides is 1. The fraction of sp³-hybridized carbons (Fsp3) is 0.600. The van der Waals surface area contributed by atoms with Crippen molar-refractivity contribution in [1.29, 1.82) is 0 Å². The molecule has 1 aliphatic carbocycles. The molecule has 6 heteroatoms. The lowest BCUT2D eigenvalue weighted by molar-refractivity contribution is 0.0533. The molecule has 1 unspecified atom stereocenters. The molecule has 0 radical (unpaired) electrons. The van der Waals surface area contributed by atoms with E-state index < -0.39 is 0 Å². The minimum absolute atomic E-state index is 0.0151. The number of imidazole rings is 1. The van der Waals surface area contributed by atoms with Crippen molar-refractivity contribution in [3.05, 3.63) is 34.2 Å². The average molecular weight is 356 g/mol. The molecule has 4 rings (SSSR count). The van der Waals surface area contributed by atoms with Crippen LogP contribution in [-0.2, 0) is 0 Å². The second kappa shape index (κ2) is 6.27. The summed E-state index contributed by atoms with van der Waals surface area (Å²) >= 11 is 0. The van der Waals surface area contributed by atoms with Crippen molar-refractivity contribution in [2.75, 3.05) is 13.1 Å². The monoisotopic (exact) mass is 356 g/mol. The van der Waals surface area contributed by atoms with Crippen molar-refractivity contribution in [2.24, 2.45) is 11.1 Å². The molecule has 1 atom stereocenters. The first-order valence-corrected chi connectivity index (χ1v) is 9.66. The van der Waals surface area contributed by atoms with Crippen LogP contribution in [0.3, 0.4) is 0 Å². The Morgan fingerprint density at radius 2 is 1.96 bits per heavy atom. The highest BCUT2D eigenvalue weighted by Gasteiger charge is 2.35. The average Bonchev–Trinajstić information content (AvgIpc) is 3.22. The Balaban J connectivity index is 1.64. The zero-order chi connectivity index (χ0) is 18.5. The van der Waals surface area contributed by atoms with Gasteiger partial charge in [-0.3, -0.25) is 9.36 Å². The number of nitrogens with two attached hydrogens (primary N) is 1. The summed E-state index contributed by atoms with van der Waals surface area (Å²) in [7, 11) is 0. The third kappa shape index (κ3) is 2.86. The molecule has 1 aromatic carbocycles. The number of hydrogen-bond donors (Lipinski definition) is 2. The molecule has 1 amide bonds. The molecule has 1 saturated carbocycles. The van der Waals surface area contributed by atoms with Gasteiger partial charge in [-0.2, -0.15) is 0 Å². The van der Waals surface area contributed by atoms with E-state index in [4.69, 9.17) is 5.73 Å². The van der Waals surface area contributed by atoms with Crippen LogP contribution >= 0.6 is 0 Å². The van der Waals surface area contributed by atoms with Crippen LogP contribution in [0, 0.1) is 5.41 Å². The zero-order valence-corrected chi connectivity index (χ0v) is 15.6. The van der Waals surface area contributed by atoms with E-state index in [0.717, 1.165) is 30.3 Å². The molecule has 1 aromatic heterocycles. The topological polar surface area (TPSA) is 84.1 Å². The van der Waals surface area contributed by atoms with Crippen molar-refractivity contribution in [3.63, 3.8) is 0 Å². The maximum atomic E-state index is 13.0. The fourth-order valence-corrected chi connectivity index (χ4v) is 4.52. The lowest BCUT2D eigenvalue weighted by atomic mass is 9.79. The summed E-state index contributed by atoms with van der Waals surface area (Å²) in [6, 6.07) is 5.99. The Morgan fingerprint density at radius 1 is 1.23 bits per heavy atom. The van der Waals surface area contributed by atoms with Gasteiger partial charge in [0.15, 0.2) is 0 Å². The maximum absolute atomic E-state index is 13.0. The van der Waals surface area contributed by atoms with Gasteiger partial charge in [0.25, 0.3) is 5.91 Å². The van der Waals surface area contributed by atoms with Gasteiger partial charge in [-0.1, -0.05) is 26.7 Å². The quantitative estimate of drug-likeness (QED) is 0.867. The standard InChI is InChI=1S/C20H28N4O2/c1-20(2)12-23(10-9-17(20)21)18(25)13-7-8-16-15(11-13)22-19(26)24(16)14-5-3-4-6-14/h7-8,11,14,17H,3-6,9-10,12,21H2,1-2H3,(H,22,26). The van der Waals surface area contributed by atoms with E-state index in [1.54, 1.807) is 0 Å². The predicted octanol–water partition coefficient (Wildman–Crippen LogP) is 2.64. The van der Waals surface area contributed by atoms with Crippen LogP contribution in [0.5, 0.6) is 0 Å². The fourth-order valence-electron chi connectivity index (χ4n) is 4.52. The Morgan fingerprint density at radius 3 is 2.65 bits per heavy atom. The first-order chi connectivity index (χ1) is 12.4. The van der Waals surface area contributed by atoms with E-state index in [0.29, 0.717) is 18.7 Å². The van der Waals surface area contributed by atoms with Gasteiger partial charge in [-0.05, 0) is 42.9 Å². The third-order valence-electron chi connectivity index (χ3n) is 6.25. The molecule has 1 aliphatic heterocycles. The second-order valence-electron chi connectivity index (χ2n) is 8.58. The predicted molar refractivity (Wildman–Crippen MR) is 102 cm³/mol. The van der Waals surface area contributed by atoms with Crippen molar-refractivity contribution in [1.82, 2.24) is 14.5 Å². The van der Waals surface area contributed by atoms with Gasteiger partial charge in [-0.15, -0.1) is 0 Å². The first-order valence-electron chi connectivity index (χ1n) is 9.66. The third-order valence-corrected chi connectivity index (χ3v) is 6.25. The molecular formula is C20H28N4O2. The summed E-state index contributed by atoms with van der Waals surface area (Å²) in [6.45, 7) is 5.56. The van der Waals surface area contributed by atoms with Crippen molar-refractivity contribution in [3.8, 4) is 0 Å². The minimum Gasteiger partial charge on any atom is -0.338 e. The van der Waals surface area contributed by atoms with Gasteiger partial charge < -0.3 is 15.6 Å². The van der Waals surface area contributed by atoms with Gasteiger partial charge in [0.1, 0.15) is 0 Å². The number of hydrogen-bond acceptors (Lipinski definition) is 3. The second-order valence-corrected chi connectivity index (χ2v) is 8.58. The molecule has 3 N–H and O–H groups in total. The van der Waals surface area contributed by atoms with E-state index in [2.05, 4.69) is 18.8 Å². The largest absolute Gasteiger partial charge is 0.338 e. The number of carbonyl (C=O) groups is 1. The number of aromatic nitrogens is 2. The Hall–Kier alpha value is -2.08. The van der Waals surface area contributed by atoms with Crippen LogP contribution in [0.25, 0.3) is 11.0 Å². The number of piperidine rings is 1. The SMILES string of the molecule is CC1(C)CN(C(=O)c2ccc3c(c2)[nH]c(=O)n3C2CCCC2)CCC1N. The van der Waals surface area contributed by atoms with Crippen LogP contribution in [-0.4, -0.2) is 39.5 Å². The minimum atomic E-state index is -0.0852. The number of carbonyl (C=O) groups excluding carboxylic acids is 1. The Kier molecular flexibility index (Phi) is 4.18. The summed E-state index contributed by atoms with van der Waals surface area (Å²) in [5, 5.41) is 0. The molecule has 26 heavy (non-hydrogen) atoms. The van der Waals surface area contributed by atoms with E-state index in [1.165, 1.54) is 12.8 Å². The maximum Gasteiger partial charge on any atom is 0.326 e. The summed E-state index contributed by atoms with van der Waals surface area (Å²) in [5.41, 5.74) is 8.31. The highest BCUT2D eigenvalue weighted by Crippen LogP contribution is 2.31. The summed E-state index contributed by atoms with van der Waals surface area (Å²) in [4.78, 5) is 30.2. The van der Waals surface area contributed by atoms with E-state index >= 15 is 0 Å². The van der Waals surface area contributed by atoms with E-state index in [1.807, 2.05) is 27.7 Å². The number of H-pyrrole nitrogens is 1. The number of nitrogens with one attached hydrogen (secondary N) is 1. The molecule has 1 saturated heterocycles. The Labute approximate surface area is 153 Å². The number of benzene rings is 1. The molecular weight excluding hydrogens is 328 g/mol. The van der Waals surface area contributed by atoms with E-state index in [9.17, 15) is 9.59 Å². The van der Waals surface area contributed by atoms with Crippen LogP contribution < -0.4 is 11.4 Å². The molecule has 0 bridgehead atoms. The van der Waals surface area contributed by atoms with Gasteiger partial charge >= 0.3 is 5.69 Å². The van der Waals surface area contributed by atoms with Crippen LogP contribution in [0.1, 0.15) is 62.4 Å². The van der Waals surface area contributed by atoms with Gasteiger partial charge in [0.2, 0.25) is 0 Å². The molecule has 2 heterocycles. The van der Waals surface area contributed by atoms with Crippen molar-refractivity contribution >= 4 is 16.9 Å². The summed E-state index contributed by atoms with van der Waals surface area (Å²) in [5.74, 6) is 0.0151. The lowest BCUT2D eigenvalue weighted by Gasteiger charge is -2.42. The zero-order valence-electron chi connectivity index (χ0n) is 15.6. The number of aromatic amines is 1. The molecule has 2 aliphatic rings. The number of rotatable bonds is 2. The smallest absolute Gasteiger partial charge is 0.326 e. The summed E-state index contributed by atoms with van der Waals surface area (Å²) in [6.07, 6.45) is 5.27.